The smallest absolute Gasteiger partial charge is 0.0638 e. The summed E-state index contributed by atoms with van der Waals surface area (Å²) in [6.07, 6.45) is 1.65. The molecule has 70 valence electrons. The van der Waals surface area contributed by atoms with Crippen molar-refractivity contribution >= 4 is 0 Å². The second kappa shape index (κ2) is 5.16. The van der Waals surface area contributed by atoms with Crippen LogP contribution in [-0.4, -0.2) is 12.6 Å². The van der Waals surface area contributed by atoms with Crippen LogP contribution in [0, 0.1) is 16.7 Å². The van der Waals surface area contributed by atoms with Gasteiger partial charge in [-0.1, -0.05) is 27.7 Å². The largest absolute Gasteiger partial charge is 0.312 e. The SMILES string of the molecule is CCC(CC#N)NCC(C)(C)C. The van der Waals surface area contributed by atoms with Gasteiger partial charge in [-0.05, 0) is 11.8 Å². The maximum Gasteiger partial charge on any atom is 0.0638 e. The lowest BCUT2D eigenvalue weighted by Crippen LogP contribution is -2.35. The molecule has 2 nitrogen and oxygen atoms in total. The minimum atomic E-state index is 0.308. The number of rotatable bonds is 4. The van der Waals surface area contributed by atoms with Crippen molar-refractivity contribution in [1.29, 1.82) is 5.26 Å². The number of hydrogen-bond acceptors (Lipinski definition) is 2. The maximum atomic E-state index is 8.51. The third-order valence-electron chi connectivity index (χ3n) is 1.75. The van der Waals surface area contributed by atoms with Crippen LogP contribution in [0.1, 0.15) is 40.5 Å². The first-order valence-corrected chi connectivity index (χ1v) is 4.60. The van der Waals surface area contributed by atoms with Crippen LogP contribution in [0.25, 0.3) is 0 Å². The van der Waals surface area contributed by atoms with Crippen LogP contribution < -0.4 is 5.32 Å². The normalized spacial score (nSPS) is 13.9. The maximum absolute atomic E-state index is 8.51. The van der Waals surface area contributed by atoms with Gasteiger partial charge in [0.1, 0.15) is 0 Å². The standard InChI is InChI=1S/C10H20N2/c1-5-9(6-7-11)12-8-10(2,3)4/h9,12H,5-6,8H2,1-4H3. The van der Waals surface area contributed by atoms with Crippen LogP contribution in [0.4, 0.5) is 0 Å². The van der Waals surface area contributed by atoms with Crippen molar-refractivity contribution < 1.29 is 0 Å². The molecule has 0 saturated heterocycles. The highest BCUT2D eigenvalue weighted by atomic mass is 14.9. The molecule has 2 heteroatoms. The summed E-state index contributed by atoms with van der Waals surface area (Å²) in [6, 6.07) is 2.56. The van der Waals surface area contributed by atoms with E-state index in [2.05, 4.69) is 39.1 Å². The lowest BCUT2D eigenvalue weighted by molar-refractivity contribution is 0.347. The van der Waals surface area contributed by atoms with E-state index in [1.807, 2.05) is 0 Å². The Bertz CT molecular complexity index is 150. The van der Waals surface area contributed by atoms with E-state index in [9.17, 15) is 0 Å². The highest BCUT2D eigenvalue weighted by Gasteiger charge is 2.12. The molecule has 0 aromatic heterocycles. The monoisotopic (exact) mass is 168 g/mol. The first-order chi connectivity index (χ1) is 5.49. The summed E-state index contributed by atoms with van der Waals surface area (Å²) >= 11 is 0. The fraction of sp³-hybridized carbons (Fsp3) is 0.900. The van der Waals surface area contributed by atoms with E-state index in [-0.39, 0.29) is 0 Å². The molecule has 1 atom stereocenters. The fourth-order valence-corrected chi connectivity index (χ4v) is 0.922. The summed E-state index contributed by atoms with van der Waals surface area (Å²) in [6.45, 7) is 9.67. The number of hydrogen-bond donors (Lipinski definition) is 1. The first kappa shape index (κ1) is 11.4. The van der Waals surface area contributed by atoms with Crippen molar-refractivity contribution in [1.82, 2.24) is 5.32 Å². The van der Waals surface area contributed by atoms with Crippen LogP contribution >= 0.6 is 0 Å². The van der Waals surface area contributed by atoms with Gasteiger partial charge in [0.2, 0.25) is 0 Å². The Morgan fingerprint density at radius 2 is 2.00 bits per heavy atom. The Morgan fingerprint density at radius 1 is 1.42 bits per heavy atom. The van der Waals surface area contributed by atoms with Gasteiger partial charge < -0.3 is 5.32 Å². The molecule has 0 rings (SSSR count). The first-order valence-electron chi connectivity index (χ1n) is 4.60. The van der Waals surface area contributed by atoms with Gasteiger partial charge in [-0.25, -0.2) is 0 Å². The summed E-state index contributed by atoms with van der Waals surface area (Å²) in [5.41, 5.74) is 0.308. The van der Waals surface area contributed by atoms with Gasteiger partial charge in [-0.2, -0.15) is 5.26 Å². The van der Waals surface area contributed by atoms with Gasteiger partial charge in [0.05, 0.1) is 12.5 Å². The predicted octanol–water partition coefficient (Wildman–Crippen LogP) is 2.31. The lowest BCUT2D eigenvalue weighted by atomic mass is 9.96. The van der Waals surface area contributed by atoms with Crippen LogP contribution in [0.15, 0.2) is 0 Å². The Balaban J connectivity index is 3.67. The summed E-state index contributed by atoms with van der Waals surface area (Å²) in [5.74, 6) is 0. The molecule has 12 heavy (non-hydrogen) atoms. The van der Waals surface area contributed by atoms with E-state index in [1.54, 1.807) is 0 Å². The Labute approximate surface area is 76.0 Å². The topological polar surface area (TPSA) is 35.8 Å². The molecule has 0 aliphatic heterocycles. The van der Waals surface area contributed by atoms with Gasteiger partial charge in [0.15, 0.2) is 0 Å². The second-order valence-electron chi connectivity index (χ2n) is 4.41. The predicted molar refractivity (Wildman–Crippen MR) is 51.8 cm³/mol. The molecule has 0 amide bonds. The number of nitriles is 1. The Kier molecular flexibility index (Phi) is 4.92. The van der Waals surface area contributed by atoms with Crippen molar-refractivity contribution in [2.75, 3.05) is 6.54 Å². The Morgan fingerprint density at radius 3 is 2.33 bits per heavy atom. The minimum absolute atomic E-state index is 0.308. The van der Waals surface area contributed by atoms with Crippen molar-refractivity contribution in [3.05, 3.63) is 0 Å². The molecule has 0 aromatic carbocycles. The molecule has 0 saturated carbocycles. The van der Waals surface area contributed by atoms with Crippen LogP contribution in [0.3, 0.4) is 0 Å². The van der Waals surface area contributed by atoms with Crippen molar-refractivity contribution in [3.8, 4) is 6.07 Å². The number of nitrogens with zero attached hydrogens (tertiary/aromatic N) is 1. The summed E-state index contributed by atoms with van der Waals surface area (Å²) in [5, 5.41) is 11.9. The molecule has 0 heterocycles. The van der Waals surface area contributed by atoms with Crippen molar-refractivity contribution in [3.63, 3.8) is 0 Å². The van der Waals surface area contributed by atoms with Crippen LogP contribution in [-0.2, 0) is 0 Å². The number of nitrogens with one attached hydrogen (secondary N) is 1. The van der Waals surface area contributed by atoms with E-state index >= 15 is 0 Å². The van der Waals surface area contributed by atoms with E-state index < -0.39 is 0 Å². The second-order valence-corrected chi connectivity index (χ2v) is 4.41. The van der Waals surface area contributed by atoms with Gasteiger partial charge >= 0.3 is 0 Å². The van der Waals surface area contributed by atoms with Crippen LogP contribution in [0.5, 0.6) is 0 Å². The highest BCUT2D eigenvalue weighted by Crippen LogP contribution is 2.11. The molecular weight excluding hydrogens is 148 g/mol. The molecule has 0 aliphatic rings. The van der Waals surface area contributed by atoms with E-state index in [0.29, 0.717) is 17.9 Å². The zero-order valence-corrected chi connectivity index (χ0v) is 8.65. The quantitative estimate of drug-likeness (QED) is 0.699. The third-order valence-corrected chi connectivity index (χ3v) is 1.75. The molecule has 1 N–H and O–H groups in total. The molecule has 0 aromatic rings. The summed E-state index contributed by atoms with van der Waals surface area (Å²) in [4.78, 5) is 0. The molecule has 0 aliphatic carbocycles. The average molecular weight is 168 g/mol. The van der Waals surface area contributed by atoms with Crippen molar-refractivity contribution in [2.45, 2.75) is 46.6 Å². The fourth-order valence-electron chi connectivity index (χ4n) is 0.922. The third kappa shape index (κ3) is 6.18. The lowest BCUT2D eigenvalue weighted by Gasteiger charge is -2.22. The zero-order valence-electron chi connectivity index (χ0n) is 8.65. The molecule has 1 unspecified atom stereocenters. The Hall–Kier alpha value is -0.550. The zero-order chi connectivity index (χ0) is 9.61. The van der Waals surface area contributed by atoms with Crippen LogP contribution in [0.2, 0.25) is 0 Å². The average Bonchev–Trinajstić information content (AvgIpc) is 1.96. The van der Waals surface area contributed by atoms with E-state index in [0.717, 1.165) is 13.0 Å². The minimum Gasteiger partial charge on any atom is -0.312 e. The highest BCUT2D eigenvalue weighted by molar-refractivity contribution is 4.81. The summed E-state index contributed by atoms with van der Waals surface area (Å²) < 4.78 is 0. The van der Waals surface area contributed by atoms with Gasteiger partial charge in [0, 0.05) is 12.6 Å². The molecule has 0 radical (unpaired) electrons. The van der Waals surface area contributed by atoms with E-state index in [4.69, 9.17) is 5.26 Å². The molecule has 0 spiro atoms. The van der Waals surface area contributed by atoms with E-state index in [1.165, 1.54) is 0 Å². The van der Waals surface area contributed by atoms with Crippen molar-refractivity contribution in [2.24, 2.45) is 5.41 Å². The van der Waals surface area contributed by atoms with Gasteiger partial charge in [-0.3, -0.25) is 0 Å². The molecule has 0 bridgehead atoms. The summed E-state index contributed by atoms with van der Waals surface area (Å²) in [7, 11) is 0. The van der Waals surface area contributed by atoms with Gasteiger partial charge in [0.25, 0.3) is 0 Å². The molecular formula is C10H20N2. The molecule has 0 fully saturated rings. The van der Waals surface area contributed by atoms with Gasteiger partial charge in [-0.15, -0.1) is 0 Å².